The summed E-state index contributed by atoms with van der Waals surface area (Å²) >= 11 is 0. The molecule has 0 saturated heterocycles. The second-order valence-corrected chi connectivity index (χ2v) is 6.97. The molecule has 0 spiro atoms. The van der Waals surface area contributed by atoms with Crippen molar-refractivity contribution < 1.29 is 0 Å². The zero-order chi connectivity index (χ0) is 18.9. The molecule has 0 atom stereocenters. The standard InChI is InChI=1S/C22H29N5/c1-19-8-7-12-25-22(19)17-26(13-6-5-11-23)16-21-14-24-18-27(21)15-20-9-3-2-4-10-20/h2-4,7-10,12,14,18H,5-6,11,13,15-17,23H2,1H3. The lowest BCUT2D eigenvalue weighted by Crippen LogP contribution is -2.26. The van der Waals surface area contributed by atoms with Crippen LogP contribution in [0.2, 0.25) is 0 Å². The fourth-order valence-electron chi connectivity index (χ4n) is 3.22. The van der Waals surface area contributed by atoms with Crippen molar-refractivity contribution in [1.82, 2.24) is 19.4 Å². The highest BCUT2D eigenvalue weighted by Gasteiger charge is 2.12. The number of nitrogens with zero attached hydrogens (tertiary/aromatic N) is 4. The number of rotatable bonds is 10. The molecular weight excluding hydrogens is 334 g/mol. The number of aryl methyl sites for hydroxylation is 1. The molecule has 2 aromatic heterocycles. The Hall–Kier alpha value is -2.50. The summed E-state index contributed by atoms with van der Waals surface area (Å²) in [6.07, 6.45) is 7.91. The second kappa shape index (κ2) is 10.00. The Labute approximate surface area is 161 Å². The van der Waals surface area contributed by atoms with Crippen molar-refractivity contribution in [3.05, 3.63) is 83.7 Å². The van der Waals surface area contributed by atoms with Crippen LogP contribution in [0.4, 0.5) is 0 Å². The molecule has 0 amide bonds. The molecule has 5 heteroatoms. The number of aromatic nitrogens is 3. The van der Waals surface area contributed by atoms with Crippen LogP contribution in [0.25, 0.3) is 0 Å². The lowest BCUT2D eigenvalue weighted by atomic mass is 10.2. The Morgan fingerprint density at radius 2 is 1.89 bits per heavy atom. The van der Waals surface area contributed by atoms with Crippen LogP contribution in [0.5, 0.6) is 0 Å². The van der Waals surface area contributed by atoms with E-state index < -0.39 is 0 Å². The number of pyridine rings is 1. The largest absolute Gasteiger partial charge is 0.330 e. The smallest absolute Gasteiger partial charge is 0.0951 e. The van der Waals surface area contributed by atoms with Crippen LogP contribution in [0.1, 0.15) is 35.4 Å². The summed E-state index contributed by atoms with van der Waals surface area (Å²) in [6, 6.07) is 14.6. The number of imidazole rings is 1. The van der Waals surface area contributed by atoms with E-state index in [2.05, 4.69) is 56.7 Å². The van der Waals surface area contributed by atoms with Gasteiger partial charge in [-0.05, 0) is 50.0 Å². The third kappa shape index (κ3) is 5.74. The fraction of sp³-hybridized carbons (Fsp3) is 0.364. The third-order valence-electron chi connectivity index (χ3n) is 4.80. The number of nitrogens with two attached hydrogens (primary N) is 1. The molecule has 5 nitrogen and oxygen atoms in total. The van der Waals surface area contributed by atoms with Crippen LogP contribution in [-0.4, -0.2) is 32.5 Å². The van der Waals surface area contributed by atoms with Gasteiger partial charge in [-0.25, -0.2) is 4.98 Å². The Balaban J connectivity index is 1.72. The Morgan fingerprint density at radius 3 is 2.67 bits per heavy atom. The Morgan fingerprint density at radius 1 is 1.04 bits per heavy atom. The van der Waals surface area contributed by atoms with Crippen LogP contribution < -0.4 is 5.73 Å². The van der Waals surface area contributed by atoms with E-state index in [1.54, 1.807) is 0 Å². The van der Waals surface area contributed by atoms with Crippen LogP contribution in [0.15, 0.2) is 61.2 Å². The first-order valence-corrected chi connectivity index (χ1v) is 9.62. The average molecular weight is 364 g/mol. The molecule has 0 unspecified atom stereocenters. The van der Waals surface area contributed by atoms with Gasteiger partial charge in [0.05, 0.1) is 17.7 Å². The highest BCUT2D eigenvalue weighted by atomic mass is 15.2. The third-order valence-corrected chi connectivity index (χ3v) is 4.80. The fourth-order valence-corrected chi connectivity index (χ4v) is 3.22. The van der Waals surface area contributed by atoms with Crippen molar-refractivity contribution in [2.75, 3.05) is 13.1 Å². The van der Waals surface area contributed by atoms with E-state index in [0.29, 0.717) is 0 Å². The van der Waals surface area contributed by atoms with Crippen molar-refractivity contribution in [2.24, 2.45) is 5.73 Å². The number of unbranched alkanes of at least 4 members (excludes halogenated alkanes) is 1. The van der Waals surface area contributed by atoms with Crippen LogP contribution in [-0.2, 0) is 19.6 Å². The van der Waals surface area contributed by atoms with Gasteiger partial charge in [0.15, 0.2) is 0 Å². The molecule has 1 aromatic carbocycles. The topological polar surface area (TPSA) is 60.0 Å². The molecule has 0 bridgehead atoms. The minimum atomic E-state index is 0.738. The molecule has 2 heterocycles. The summed E-state index contributed by atoms with van der Waals surface area (Å²) in [5, 5.41) is 0. The van der Waals surface area contributed by atoms with Gasteiger partial charge in [0.2, 0.25) is 0 Å². The summed E-state index contributed by atoms with van der Waals surface area (Å²) in [4.78, 5) is 11.4. The summed E-state index contributed by atoms with van der Waals surface area (Å²) < 4.78 is 2.23. The van der Waals surface area contributed by atoms with E-state index in [0.717, 1.165) is 51.3 Å². The maximum atomic E-state index is 5.69. The predicted molar refractivity (Wildman–Crippen MR) is 109 cm³/mol. The van der Waals surface area contributed by atoms with Crippen molar-refractivity contribution in [1.29, 1.82) is 0 Å². The average Bonchev–Trinajstić information content (AvgIpc) is 3.11. The van der Waals surface area contributed by atoms with Gasteiger partial charge >= 0.3 is 0 Å². The van der Waals surface area contributed by atoms with E-state index in [-0.39, 0.29) is 0 Å². The van der Waals surface area contributed by atoms with E-state index in [1.165, 1.54) is 16.8 Å². The first kappa shape index (κ1) is 19.3. The quantitative estimate of drug-likeness (QED) is 0.561. The molecule has 3 rings (SSSR count). The summed E-state index contributed by atoms with van der Waals surface area (Å²) in [5.41, 5.74) is 10.6. The van der Waals surface area contributed by atoms with E-state index in [9.17, 15) is 0 Å². The minimum absolute atomic E-state index is 0.738. The normalized spacial score (nSPS) is 11.2. The lowest BCUT2D eigenvalue weighted by Gasteiger charge is -2.23. The van der Waals surface area contributed by atoms with E-state index in [4.69, 9.17) is 5.73 Å². The van der Waals surface area contributed by atoms with Gasteiger partial charge in [0, 0.05) is 32.0 Å². The summed E-state index contributed by atoms with van der Waals surface area (Å²) in [5.74, 6) is 0. The van der Waals surface area contributed by atoms with Gasteiger partial charge in [-0.3, -0.25) is 9.88 Å². The molecule has 0 radical (unpaired) electrons. The van der Waals surface area contributed by atoms with Crippen molar-refractivity contribution in [3.63, 3.8) is 0 Å². The van der Waals surface area contributed by atoms with Gasteiger partial charge in [-0.1, -0.05) is 36.4 Å². The van der Waals surface area contributed by atoms with Crippen LogP contribution >= 0.6 is 0 Å². The maximum Gasteiger partial charge on any atom is 0.0951 e. The zero-order valence-electron chi connectivity index (χ0n) is 16.1. The van der Waals surface area contributed by atoms with Crippen molar-refractivity contribution in [2.45, 2.75) is 39.4 Å². The van der Waals surface area contributed by atoms with E-state index in [1.807, 2.05) is 30.9 Å². The van der Waals surface area contributed by atoms with Gasteiger partial charge in [-0.15, -0.1) is 0 Å². The van der Waals surface area contributed by atoms with Crippen LogP contribution in [0.3, 0.4) is 0 Å². The zero-order valence-corrected chi connectivity index (χ0v) is 16.1. The molecule has 0 saturated carbocycles. The molecule has 0 aliphatic heterocycles. The van der Waals surface area contributed by atoms with Gasteiger partial charge in [0.25, 0.3) is 0 Å². The number of hydrogen-bond acceptors (Lipinski definition) is 4. The highest BCUT2D eigenvalue weighted by molar-refractivity contribution is 5.18. The van der Waals surface area contributed by atoms with Gasteiger partial charge in [0.1, 0.15) is 0 Å². The molecule has 142 valence electrons. The lowest BCUT2D eigenvalue weighted by molar-refractivity contribution is 0.242. The van der Waals surface area contributed by atoms with Crippen LogP contribution in [0, 0.1) is 6.92 Å². The molecule has 27 heavy (non-hydrogen) atoms. The molecule has 3 aromatic rings. The second-order valence-electron chi connectivity index (χ2n) is 6.97. The Kier molecular flexibility index (Phi) is 7.13. The minimum Gasteiger partial charge on any atom is -0.330 e. The number of hydrogen-bond donors (Lipinski definition) is 1. The molecule has 2 N–H and O–H groups in total. The first-order valence-electron chi connectivity index (χ1n) is 9.62. The SMILES string of the molecule is Cc1cccnc1CN(CCCCN)Cc1cncn1Cc1ccccc1. The first-order chi connectivity index (χ1) is 13.3. The summed E-state index contributed by atoms with van der Waals surface area (Å²) in [6.45, 7) is 6.41. The predicted octanol–water partition coefficient (Wildman–Crippen LogP) is 3.38. The van der Waals surface area contributed by atoms with E-state index >= 15 is 0 Å². The molecule has 0 aliphatic rings. The molecular formula is C22H29N5. The van der Waals surface area contributed by atoms with Gasteiger partial charge < -0.3 is 10.3 Å². The number of benzene rings is 1. The highest BCUT2D eigenvalue weighted by Crippen LogP contribution is 2.14. The molecule has 0 aliphatic carbocycles. The maximum absolute atomic E-state index is 5.69. The van der Waals surface area contributed by atoms with Gasteiger partial charge in [-0.2, -0.15) is 0 Å². The summed E-state index contributed by atoms with van der Waals surface area (Å²) in [7, 11) is 0. The van der Waals surface area contributed by atoms with Crippen molar-refractivity contribution in [3.8, 4) is 0 Å². The monoisotopic (exact) mass is 363 g/mol. The Bertz CT molecular complexity index is 812. The van der Waals surface area contributed by atoms with Crippen molar-refractivity contribution >= 4 is 0 Å². The molecule has 0 fully saturated rings.